The van der Waals surface area contributed by atoms with Gasteiger partial charge in [-0.15, -0.1) is 0 Å². The highest BCUT2D eigenvalue weighted by Crippen LogP contribution is 2.36. The lowest BCUT2D eigenvalue weighted by Crippen LogP contribution is -2.10. The minimum Gasteiger partial charge on any atom is -0.508 e. The zero-order valence-electron chi connectivity index (χ0n) is 13.1. The number of ether oxygens (including phenoxy) is 2. The van der Waals surface area contributed by atoms with Gasteiger partial charge in [0.15, 0.2) is 5.75 Å². The number of hydrogen-bond donors (Lipinski definition) is 1. The van der Waals surface area contributed by atoms with E-state index < -0.39 is 17.6 Å². The maximum Gasteiger partial charge on any atom is 0.420 e. The van der Waals surface area contributed by atoms with Crippen LogP contribution in [0.2, 0.25) is 10.0 Å². The lowest BCUT2D eigenvalue weighted by molar-refractivity contribution is -0.140. The molecule has 2 rings (SSSR count). The number of phenols is 1. The standard InChI is InChI=1S/C16H13Cl2F4NO3/c17-11-5-9(24)6-12(18)15(11)26-4-2-1-3-25-14-7-13(19)10(8-23-14)16(20,21)22/h5-8,24H,1-4H2. The van der Waals surface area contributed by atoms with Gasteiger partial charge in [0, 0.05) is 24.4 Å². The van der Waals surface area contributed by atoms with E-state index in [2.05, 4.69) is 4.98 Å². The molecule has 1 aromatic carbocycles. The molecule has 0 bridgehead atoms. The Balaban J connectivity index is 1.75. The van der Waals surface area contributed by atoms with Crippen LogP contribution in [0.15, 0.2) is 24.4 Å². The zero-order chi connectivity index (χ0) is 19.3. The molecule has 1 N–H and O–H groups in total. The molecule has 26 heavy (non-hydrogen) atoms. The summed E-state index contributed by atoms with van der Waals surface area (Å²) in [6.07, 6.45) is -3.43. The third kappa shape index (κ3) is 5.54. The number of aromatic hydroxyl groups is 1. The monoisotopic (exact) mass is 413 g/mol. The van der Waals surface area contributed by atoms with Gasteiger partial charge in [-0.05, 0) is 12.8 Å². The van der Waals surface area contributed by atoms with E-state index >= 15 is 0 Å². The fourth-order valence-electron chi connectivity index (χ4n) is 1.94. The van der Waals surface area contributed by atoms with E-state index in [-0.39, 0.29) is 40.6 Å². The molecule has 0 aliphatic carbocycles. The number of rotatable bonds is 7. The Morgan fingerprint density at radius 1 is 1.00 bits per heavy atom. The summed E-state index contributed by atoms with van der Waals surface area (Å²) in [5, 5.41) is 9.64. The van der Waals surface area contributed by atoms with Crippen molar-refractivity contribution in [2.75, 3.05) is 13.2 Å². The predicted octanol–water partition coefficient (Wildman–Crippen LogP) is 5.49. The number of hydrogen-bond acceptors (Lipinski definition) is 4. The van der Waals surface area contributed by atoms with Gasteiger partial charge >= 0.3 is 6.18 Å². The van der Waals surface area contributed by atoms with Crippen molar-refractivity contribution in [3.8, 4) is 17.4 Å². The Morgan fingerprint density at radius 3 is 2.12 bits per heavy atom. The molecule has 4 nitrogen and oxygen atoms in total. The Hall–Kier alpha value is -1.93. The molecule has 10 heteroatoms. The molecule has 0 amide bonds. The molecule has 0 fully saturated rings. The van der Waals surface area contributed by atoms with E-state index in [1.54, 1.807) is 0 Å². The predicted molar refractivity (Wildman–Crippen MR) is 87.5 cm³/mol. The number of halogens is 6. The minimum absolute atomic E-state index is 0.0861. The molecule has 1 heterocycles. The van der Waals surface area contributed by atoms with Gasteiger partial charge in [0.25, 0.3) is 0 Å². The summed E-state index contributed by atoms with van der Waals surface area (Å²) in [5.74, 6) is -1.53. The van der Waals surface area contributed by atoms with Crippen LogP contribution in [-0.4, -0.2) is 23.3 Å². The van der Waals surface area contributed by atoms with Crippen molar-refractivity contribution in [2.24, 2.45) is 0 Å². The van der Waals surface area contributed by atoms with Crippen LogP contribution in [0.25, 0.3) is 0 Å². The summed E-state index contributed by atoms with van der Waals surface area (Å²) in [6, 6.07) is 3.17. The van der Waals surface area contributed by atoms with E-state index in [9.17, 15) is 22.7 Å². The molecule has 1 aromatic heterocycles. The average Bonchev–Trinajstić information content (AvgIpc) is 2.51. The Morgan fingerprint density at radius 2 is 1.58 bits per heavy atom. The fourth-order valence-corrected chi connectivity index (χ4v) is 2.52. The molecule has 0 radical (unpaired) electrons. The second kappa shape index (κ2) is 8.64. The number of alkyl halides is 3. The Kier molecular flexibility index (Phi) is 6.77. The number of phenolic OH excluding ortho intramolecular Hbond substituents is 1. The van der Waals surface area contributed by atoms with Crippen LogP contribution in [0.4, 0.5) is 17.6 Å². The fraction of sp³-hybridized carbons (Fsp3) is 0.312. The van der Waals surface area contributed by atoms with Crippen molar-refractivity contribution in [2.45, 2.75) is 19.0 Å². The van der Waals surface area contributed by atoms with Crippen molar-refractivity contribution in [1.82, 2.24) is 4.98 Å². The van der Waals surface area contributed by atoms with Gasteiger partial charge in [0.1, 0.15) is 17.1 Å². The normalized spacial score (nSPS) is 11.5. The topological polar surface area (TPSA) is 51.6 Å². The van der Waals surface area contributed by atoms with Crippen LogP contribution in [-0.2, 0) is 6.18 Å². The lowest BCUT2D eigenvalue weighted by atomic mass is 10.2. The largest absolute Gasteiger partial charge is 0.508 e. The third-order valence-corrected chi connectivity index (χ3v) is 3.71. The van der Waals surface area contributed by atoms with Gasteiger partial charge in [-0.1, -0.05) is 23.2 Å². The maximum atomic E-state index is 13.4. The third-order valence-electron chi connectivity index (χ3n) is 3.15. The highest BCUT2D eigenvalue weighted by atomic mass is 35.5. The zero-order valence-corrected chi connectivity index (χ0v) is 14.6. The summed E-state index contributed by atoms with van der Waals surface area (Å²) in [4.78, 5) is 3.43. The van der Waals surface area contributed by atoms with Crippen LogP contribution in [0.5, 0.6) is 17.4 Å². The van der Waals surface area contributed by atoms with E-state index in [4.69, 9.17) is 32.7 Å². The van der Waals surface area contributed by atoms with Crippen molar-refractivity contribution in [1.29, 1.82) is 0 Å². The highest BCUT2D eigenvalue weighted by molar-refractivity contribution is 6.37. The molecular weight excluding hydrogens is 401 g/mol. The number of aromatic nitrogens is 1. The smallest absolute Gasteiger partial charge is 0.420 e. The summed E-state index contributed by atoms with van der Waals surface area (Å²) in [6.45, 7) is 0.348. The van der Waals surface area contributed by atoms with Crippen LogP contribution < -0.4 is 9.47 Å². The van der Waals surface area contributed by atoms with Crippen molar-refractivity contribution >= 4 is 23.2 Å². The van der Waals surface area contributed by atoms with Crippen molar-refractivity contribution < 1.29 is 32.1 Å². The molecule has 0 unspecified atom stereocenters. The number of unbranched alkanes of at least 4 members (excludes halogenated alkanes) is 1. The Bertz CT molecular complexity index is 749. The molecule has 2 aromatic rings. The van der Waals surface area contributed by atoms with E-state index in [0.29, 0.717) is 25.1 Å². The molecule has 0 aliphatic heterocycles. The number of nitrogens with zero attached hydrogens (tertiary/aromatic N) is 1. The van der Waals surface area contributed by atoms with Gasteiger partial charge in [-0.2, -0.15) is 13.2 Å². The van der Waals surface area contributed by atoms with Crippen molar-refractivity contribution in [3.63, 3.8) is 0 Å². The molecule has 0 saturated heterocycles. The first kappa shape index (κ1) is 20.4. The SMILES string of the molecule is Oc1cc(Cl)c(OCCCCOc2cc(F)c(C(F)(F)F)cn2)c(Cl)c1. The summed E-state index contributed by atoms with van der Waals surface area (Å²) in [7, 11) is 0. The first-order valence-electron chi connectivity index (χ1n) is 7.35. The number of benzene rings is 1. The van der Waals surface area contributed by atoms with Crippen LogP contribution in [0, 0.1) is 5.82 Å². The van der Waals surface area contributed by atoms with Crippen molar-refractivity contribution in [3.05, 3.63) is 45.8 Å². The second-order valence-electron chi connectivity index (χ2n) is 5.14. The number of pyridine rings is 1. The first-order valence-corrected chi connectivity index (χ1v) is 8.10. The Labute approximate surface area is 156 Å². The average molecular weight is 414 g/mol. The molecular formula is C16H13Cl2F4NO3. The molecule has 0 saturated carbocycles. The van der Waals surface area contributed by atoms with E-state index in [1.165, 1.54) is 12.1 Å². The molecule has 0 spiro atoms. The quantitative estimate of drug-likeness (QED) is 0.481. The van der Waals surface area contributed by atoms with Crippen LogP contribution in [0.3, 0.4) is 0 Å². The van der Waals surface area contributed by atoms with Crippen LogP contribution in [0.1, 0.15) is 18.4 Å². The van der Waals surface area contributed by atoms with E-state index in [0.717, 1.165) is 0 Å². The summed E-state index contributed by atoms with van der Waals surface area (Å²) < 4.78 is 61.2. The van der Waals surface area contributed by atoms with Gasteiger partial charge in [0.05, 0.1) is 23.3 Å². The van der Waals surface area contributed by atoms with Gasteiger partial charge < -0.3 is 14.6 Å². The van der Waals surface area contributed by atoms with Gasteiger partial charge in [0.2, 0.25) is 5.88 Å². The maximum absolute atomic E-state index is 13.4. The lowest BCUT2D eigenvalue weighted by Gasteiger charge is -2.11. The first-order chi connectivity index (χ1) is 12.2. The molecule has 142 valence electrons. The van der Waals surface area contributed by atoms with Gasteiger partial charge in [-0.25, -0.2) is 9.37 Å². The van der Waals surface area contributed by atoms with Gasteiger partial charge in [-0.3, -0.25) is 0 Å². The van der Waals surface area contributed by atoms with Crippen LogP contribution >= 0.6 is 23.2 Å². The molecule has 0 aliphatic rings. The molecule has 0 atom stereocenters. The second-order valence-corrected chi connectivity index (χ2v) is 5.96. The van der Waals surface area contributed by atoms with E-state index in [1.807, 2.05) is 0 Å². The summed E-state index contributed by atoms with van der Waals surface area (Å²) in [5.41, 5.74) is -1.44. The highest BCUT2D eigenvalue weighted by Gasteiger charge is 2.34. The summed E-state index contributed by atoms with van der Waals surface area (Å²) >= 11 is 11.8. The minimum atomic E-state index is -4.80.